The first-order chi connectivity index (χ1) is 26.1. The van der Waals surface area contributed by atoms with Crippen LogP contribution in [0.15, 0.2) is 103 Å². The number of aliphatic hydroxyl groups excluding tert-OH is 1. The van der Waals surface area contributed by atoms with Gasteiger partial charge in [0.25, 0.3) is 5.91 Å². The van der Waals surface area contributed by atoms with E-state index in [4.69, 9.17) is 9.47 Å². The summed E-state index contributed by atoms with van der Waals surface area (Å²) in [6, 6.07) is 32.6. The predicted octanol–water partition coefficient (Wildman–Crippen LogP) is 6.29. The van der Waals surface area contributed by atoms with Crippen LogP contribution in [-0.2, 0) is 45.9 Å². The van der Waals surface area contributed by atoms with Crippen molar-refractivity contribution in [2.75, 3.05) is 23.5 Å². The monoisotopic (exact) mass is 741 g/mol. The quantitative estimate of drug-likeness (QED) is 0.159. The number of aliphatic hydroxyl groups is 1. The number of para-hydroxylation sites is 2. The van der Waals surface area contributed by atoms with Gasteiger partial charge in [0, 0.05) is 49.4 Å². The molecule has 1 spiro atoms. The number of nitrogens with zero attached hydrogens (tertiary/aromatic N) is 5. The molecule has 0 aliphatic carbocycles. The van der Waals surface area contributed by atoms with Crippen molar-refractivity contribution in [1.29, 1.82) is 0 Å². The van der Waals surface area contributed by atoms with E-state index in [9.17, 15) is 9.90 Å². The number of aryl methyl sites for hydroxylation is 2. The molecule has 1 N–H and O–H groups in total. The van der Waals surface area contributed by atoms with Crippen LogP contribution in [-0.4, -0.2) is 59.8 Å². The molecular weight excluding hydrogens is 695 g/mol. The third-order valence-corrected chi connectivity index (χ3v) is 16.3. The normalized spacial score (nSPS) is 22.2. The lowest BCUT2D eigenvalue weighted by Gasteiger charge is -2.37. The van der Waals surface area contributed by atoms with Crippen LogP contribution >= 0.6 is 0 Å². The van der Waals surface area contributed by atoms with Gasteiger partial charge < -0.3 is 19.5 Å². The number of aromatic nitrogens is 3. The van der Waals surface area contributed by atoms with Crippen molar-refractivity contribution in [1.82, 2.24) is 15.0 Å². The molecule has 278 valence electrons. The van der Waals surface area contributed by atoms with Crippen LogP contribution in [0.5, 0.6) is 5.75 Å². The summed E-state index contributed by atoms with van der Waals surface area (Å²) < 4.78 is 14.6. The molecule has 54 heavy (non-hydrogen) atoms. The zero-order valence-electron chi connectivity index (χ0n) is 31.3. The number of amides is 2. The minimum Gasteiger partial charge on any atom is -0.497 e. The van der Waals surface area contributed by atoms with Gasteiger partial charge in [0.2, 0.25) is 5.91 Å². The third-order valence-electron chi connectivity index (χ3n) is 12.0. The molecule has 1 aromatic heterocycles. The van der Waals surface area contributed by atoms with E-state index in [-0.39, 0.29) is 36.0 Å². The molecule has 11 heteroatoms. The Balaban J connectivity index is 1.12. The van der Waals surface area contributed by atoms with Gasteiger partial charge in [-0.1, -0.05) is 91.1 Å². The summed E-state index contributed by atoms with van der Waals surface area (Å²) in [6.45, 7) is 7.94. The number of fused-ring (bicyclic) bond motifs is 3. The smallest absolute Gasteiger partial charge is 0.264 e. The van der Waals surface area contributed by atoms with Crippen molar-refractivity contribution in [3.8, 4) is 5.75 Å². The summed E-state index contributed by atoms with van der Waals surface area (Å²) in [4.78, 5) is 32.0. The van der Waals surface area contributed by atoms with Crippen LogP contribution in [0.4, 0.5) is 17.1 Å². The minimum atomic E-state index is -2.31. The first-order valence-corrected chi connectivity index (χ1v) is 22.0. The number of hydrogen-bond donors (Lipinski definition) is 1. The maximum Gasteiger partial charge on any atom is 0.264 e. The average molecular weight is 742 g/mol. The Morgan fingerprint density at radius 3 is 2.39 bits per heavy atom. The highest BCUT2D eigenvalue weighted by atomic mass is 28.3. The van der Waals surface area contributed by atoms with Crippen LogP contribution in [0.25, 0.3) is 0 Å². The first kappa shape index (κ1) is 35.9. The van der Waals surface area contributed by atoms with E-state index in [2.05, 4.69) is 54.6 Å². The maximum absolute atomic E-state index is 15.2. The Bertz CT molecular complexity index is 2170. The summed E-state index contributed by atoms with van der Waals surface area (Å²) in [5.74, 6) is 0.726. The molecule has 0 unspecified atom stereocenters. The van der Waals surface area contributed by atoms with E-state index in [1.54, 1.807) is 7.11 Å². The average Bonchev–Trinajstić information content (AvgIpc) is 3.84. The van der Waals surface area contributed by atoms with Gasteiger partial charge in [-0.25, -0.2) is 0 Å². The SMILES string of the molecule is COc1ccc([Si](C)(C)[C@H]2[C@H](CCn3cc(CCO)nn3)O[C@@]3(C(=O)N(Cc4ccc(N5C(=O)CCc6ccccc65)cc4)c4ccccc43)[C@@H]2C)cc1. The molecule has 1 fully saturated rings. The number of carbonyl (C=O) groups is 2. The van der Waals surface area contributed by atoms with E-state index >= 15 is 4.79 Å². The van der Waals surface area contributed by atoms with Crippen LogP contribution in [0, 0.1) is 5.92 Å². The molecule has 3 aliphatic rings. The Morgan fingerprint density at radius 1 is 0.926 bits per heavy atom. The number of hydrogen-bond acceptors (Lipinski definition) is 7. The van der Waals surface area contributed by atoms with Crippen molar-refractivity contribution in [2.45, 2.75) is 76.0 Å². The van der Waals surface area contributed by atoms with Crippen LogP contribution in [0.3, 0.4) is 0 Å². The highest BCUT2D eigenvalue weighted by Gasteiger charge is 2.66. The molecule has 10 nitrogen and oxygen atoms in total. The van der Waals surface area contributed by atoms with E-state index in [1.165, 1.54) is 10.8 Å². The van der Waals surface area contributed by atoms with Crippen molar-refractivity contribution in [3.05, 3.63) is 126 Å². The molecule has 1 saturated heterocycles. The zero-order chi connectivity index (χ0) is 37.6. The third kappa shape index (κ3) is 6.04. The summed E-state index contributed by atoms with van der Waals surface area (Å²) >= 11 is 0. The first-order valence-electron chi connectivity index (χ1n) is 18.9. The van der Waals surface area contributed by atoms with Gasteiger partial charge >= 0.3 is 0 Å². The predicted molar refractivity (Wildman–Crippen MR) is 211 cm³/mol. The van der Waals surface area contributed by atoms with E-state index in [0.29, 0.717) is 32.4 Å². The van der Waals surface area contributed by atoms with Gasteiger partial charge in [0.1, 0.15) is 5.75 Å². The minimum absolute atomic E-state index is 0.0169. The Hall–Kier alpha value is -5.10. The van der Waals surface area contributed by atoms with E-state index < -0.39 is 13.7 Å². The fourth-order valence-electron chi connectivity index (χ4n) is 9.28. The zero-order valence-corrected chi connectivity index (χ0v) is 32.3. The number of ether oxygens (including phenoxy) is 2. The molecule has 0 bridgehead atoms. The highest BCUT2D eigenvalue weighted by Crippen LogP contribution is 2.60. The van der Waals surface area contributed by atoms with Crippen molar-refractivity contribution < 1.29 is 24.2 Å². The summed E-state index contributed by atoms with van der Waals surface area (Å²) in [5, 5.41) is 19.3. The van der Waals surface area contributed by atoms with Crippen LogP contribution < -0.4 is 19.7 Å². The lowest BCUT2D eigenvalue weighted by Crippen LogP contribution is -2.51. The number of methoxy groups -OCH3 is 1. The fourth-order valence-corrected chi connectivity index (χ4v) is 13.3. The second-order valence-corrected chi connectivity index (χ2v) is 20.0. The van der Waals surface area contributed by atoms with Gasteiger partial charge in [-0.3, -0.25) is 19.2 Å². The molecular formula is C43H47N5O5Si. The van der Waals surface area contributed by atoms with Gasteiger partial charge in [0.15, 0.2) is 5.60 Å². The van der Waals surface area contributed by atoms with Gasteiger partial charge in [-0.15, -0.1) is 5.10 Å². The topological polar surface area (TPSA) is 110 Å². The molecule has 0 saturated carbocycles. The number of anilines is 3. The molecule has 4 aromatic carbocycles. The van der Waals surface area contributed by atoms with Crippen molar-refractivity contribution in [2.24, 2.45) is 5.92 Å². The Morgan fingerprint density at radius 2 is 1.65 bits per heavy atom. The molecule has 4 atom stereocenters. The lowest BCUT2D eigenvalue weighted by molar-refractivity contribution is -0.146. The molecule has 2 amide bonds. The summed E-state index contributed by atoms with van der Waals surface area (Å²) in [5.41, 5.74) is 5.34. The maximum atomic E-state index is 15.2. The van der Waals surface area contributed by atoms with Gasteiger partial charge in [0.05, 0.1) is 44.9 Å². The van der Waals surface area contributed by atoms with Crippen LogP contribution in [0.2, 0.25) is 18.6 Å². The second kappa shape index (κ2) is 14.3. The number of rotatable bonds is 11. The Labute approximate surface area is 317 Å². The second-order valence-electron chi connectivity index (χ2n) is 15.3. The number of carbonyl (C=O) groups excluding carboxylic acids is 2. The summed E-state index contributed by atoms with van der Waals surface area (Å²) in [7, 11) is -0.631. The fraction of sp³-hybridized carbons (Fsp3) is 0.349. The standard InChI is InChI=1S/C43H47N5O5Si/c1-29-41(54(3,4)35-20-18-34(52-2)19-21-35)39(23-25-46-28-32(24-26-49)44-45-46)53-43(29)36-10-6-8-12-38(36)47(42(43)51)27-30-13-16-33(17-14-30)48-37-11-7-5-9-31(37)15-22-40(48)50/h5-14,16-21,28-29,39,41,49H,15,22-27H2,1-4H3/t29-,39+,41-,43+/m1/s1. The van der Waals surface area contributed by atoms with Gasteiger partial charge in [-0.05, 0) is 65.9 Å². The Kier molecular flexibility index (Phi) is 9.49. The summed E-state index contributed by atoms with van der Waals surface area (Å²) in [6.07, 6.45) is 3.98. The largest absolute Gasteiger partial charge is 0.497 e. The lowest BCUT2D eigenvalue weighted by atomic mass is 9.82. The van der Waals surface area contributed by atoms with Crippen molar-refractivity contribution in [3.63, 3.8) is 0 Å². The molecule has 0 radical (unpaired) electrons. The molecule has 4 heterocycles. The van der Waals surface area contributed by atoms with Crippen LogP contribution in [0.1, 0.15) is 42.1 Å². The molecule has 5 aromatic rings. The van der Waals surface area contributed by atoms with E-state index in [0.717, 1.165) is 46.1 Å². The van der Waals surface area contributed by atoms with E-state index in [1.807, 2.05) is 93.5 Å². The number of benzene rings is 4. The van der Waals surface area contributed by atoms with Crippen molar-refractivity contribution >= 4 is 42.1 Å². The van der Waals surface area contributed by atoms with Gasteiger partial charge in [-0.2, -0.15) is 0 Å². The molecule has 3 aliphatic heterocycles. The molecule has 8 rings (SSSR count). The highest BCUT2D eigenvalue weighted by molar-refractivity contribution is 6.91.